The van der Waals surface area contributed by atoms with E-state index in [9.17, 15) is 22.8 Å². The molecule has 0 aliphatic heterocycles. The van der Waals surface area contributed by atoms with Gasteiger partial charge in [0.25, 0.3) is 0 Å². The van der Waals surface area contributed by atoms with E-state index in [1.165, 1.54) is 24.4 Å². The van der Waals surface area contributed by atoms with Gasteiger partial charge in [-0.05, 0) is 45.4 Å². The number of hydrogen-bond acceptors (Lipinski definition) is 7. The molecule has 0 fully saturated rings. The van der Waals surface area contributed by atoms with Gasteiger partial charge < -0.3 is 24.8 Å². The second kappa shape index (κ2) is 10.7. The van der Waals surface area contributed by atoms with Gasteiger partial charge in [0.15, 0.2) is 5.75 Å². The molecule has 0 bridgehead atoms. The number of rotatable bonds is 7. The Balaban J connectivity index is 2.04. The van der Waals surface area contributed by atoms with E-state index in [2.05, 4.69) is 20.4 Å². The van der Waals surface area contributed by atoms with E-state index >= 15 is 0 Å². The average Bonchev–Trinajstić information content (AvgIpc) is 2.71. The highest BCUT2D eigenvalue weighted by Gasteiger charge is 2.32. The molecule has 2 N–H and O–H groups in total. The van der Waals surface area contributed by atoms with Crippen LogP contribution in [0, 0.1) is 11.3 Å². The van der Waals surface area contributed by atoms with Crippen molar-refractivity contribution in [2.24, 2.45) is 0 Å². The van der Waals surface area contributed by atoms with Crippen molar-refractivity contribution >= 4 is 17.7 Å². The fourth-order valence-corrected chi connectivity index (χ4v) is 2.54. The van der Waals surface area contributed by atoms with E-state index in [4.69, 9.17) is 14.7 Å². The molecule has 9 nitrogen and oxygen atoms in total. The van der Waals surface area contributed by atoms with Crippen LogP contribution in [0.2, 0.25) is 0 Å². The van der Waals surface area contributed by atoms with Crippen molar-refractivity contribution in [2.45, 2.75) is 52.1 Å². The van der Waals surface area contributed by atoms with E-state index < -0.39 is 35.8 Å². The lowest BCUT2D eigenvalue weighted by Gasteiger charge is -2.22. The van der Waals surface area contributed by atoms with E-state index in [1.54, 1.807) is 33.8 Å². The molecule has 182 valence electrons. The molecular formula is C22H23F3N4O5. The first kappa shape index (κ1) is 26.2. The summed E-state index contributed by atoms with van der Waals surface area (Å²) in [5, 5.41) is 14.0. The lowest BCUT2D eigenvalue weighted by atomic mass is 10.2. The Morgan fingerprint density at radius 3 is 2.41 bits per heavy atom. The standard InChI is InChI=1S/C22H23F3N4O5/c1-5-16(29-20(31)34-21(2,3)4)19(30)28-14-7-9-18(27-12-14)32-15-8-6-13(11-26)17(10-15)33-22(23,24)25/h6-10,12,16H,5H2,1-4H3,(H,28,30)(H,29,31). The third-order valence-electron chi connectivity index (χ3n) is 3.94. The Morgan fingerprint density at radius 2 is 1.88 bits per heavy atom. The fourth-order valence-electron chi connectivity index (χ4n) is 2.54. The summed E-state index contributed by atoms with van der Waals surface area (Å²) in [5.41, 5.74) is -0.739. The molecule has 0 radical (unpaired) electrons. The van der Waals surface area contributed by atoms with Crippen molar-refractivity contribution in [3.63, 3.8) is 0 Å². The van der Waals surface area contributed by atoms with Crippen LogP contribution in [0.15, 0.2) is 36.5 Å². The Hall–Kier alpha value is -4.01. The highest BCUT2D eigenvalue weighted by atomic mass is 19.4. The largest absolute Gasteiger partial charge is 0.573 e. The van der Waals surface area contributed by atoms with Crippen molar-refractivity contribution in [1.29, 1.82) is 5.26 Å². The maximum atomic E-state index is 12.5. The lowest BCUT2D eigenvalue weighted by molar-refractivity contribution is -0.274. The molecule has 0 aliphatic rings. The lowest BCUT2D eigenvalue weighted by Crippen LogP contribution is -2.45. The van der Waals surface area contributed by atoms with Gasteiger partial charge in [-0.2, -0.15) is 5.26 Å². The number of alkyl carbamates (subject to hydrolysis) is 1. The number of pyridine rings is 1. The number of anilines is 1. The molecule has 0 saturated carbocycles. The zero-order valence-electron chi connectivity index (χ0n) is 18.8. The Bertz CT molecular complexity index is 1060. The number of benzene rings is 1. The monoisotopic (exact) mass is 480 g/mol. The highest BCUT2D eigenvalue weighted by Crippen LogP contribution is 2.31. The van der Waals surface area contributed by atoms with Gasteiger partial charge in [0.05, 0.1) is 17.4 Å². The summed E-state index contributed by atoms with van der Waals surface area (Å²) in [7, 11) is 0. The molecule has 2 amide bonds. The Kier molecular flexibility index (Phi) is 8.29. The summed E-state index contributed by atoms with van der Waals surface area (Å²) in [4.78, 5) is 28.4. The molecule has 2 aromatic rings. The molecule has 1 heterocycles. The van der Waals surface area contributed by atoms with Crippen LogP contribution in [0.25, 0.3) is 0 Å². The maximum Gasteiger partial charge on any atom is 0.573 e. The zero-order valence-corrected chi connectivity index (χ0v) is 18.8. The van der Waals surface area contributed by atoms with Crippen LogP contribution in [-0.2, 0) is 9.53 Å². The van der Waals surface area contributed by atoms with Crippen LogP contribution in [0.3, 0.4) is 0 Å². The first-order chi connectivity index (χ1) is 15.8. The van der Waals surface area contributed by atoms with Gasteiger partial charge in [-0.1, -0.05) is 6.92 Å². The number of nitrogens with zero attached hydrogens (tertiary/aromatic N) is 2. The number of amides is 2. The number of alkyl halides is 3. The summed E-state index contributed by atoms with van der Waals surface area (Å²) < 4.78 is 52.0. The third kappa shape index (κ3) is 8.50. The second-order valence-electron chi connectivity index (χ2n) is 7.90. The van der Waals surface area contributed by atoms with Gasteiger partial charge >= 0.3 is 12.5 Å². The molecule has 1 aromatic carbocycles. The molecule has 1 aromatic heterocycles. The van der Waals surface area contributed by atoms with Gasteiger partial charge in [0.1, 0.15) is 23.5 Å². The molecule has 0 aliphatic carbocycles. The van der Waals surface area contributed by atoms with Crippen LogP contribution in [0.4, 0.5) is 23.7 Å². The fraction of sp³-hybridized carbons (Fsp3) is 0.364. The SMILES string of the molecule is CCC(NC(=O)OC(C)(C)C)C(=O)Nc1ccc(Oc2ccc(C#N)c(OC(F)(F)F)c2)nc1. The maximum absolute atomic E-state index is 12.5. The first-order valence-electron chi connectivity index (χ1n) is 10.0. The molecule has 1 atom stereocenters. The number of carbonyl (C=O) groups is 2. The van der Waals surface area contributed by atoms with Crippen LogP contribution >= 0.6 is 0 Å². The summed E-state index contributed by atoms with van der Waals surface area (Å²) in [6.45, 7) is 6.81. The molecular weight excluding hydrogens is 457 g/mol. The van der Waals surface area contributed by atoms with E-state index in [0.717, 1.165) is 12.1 Å². The Morgan fingerprint density at radius 1 is 1.18 bits per heavy atom. The molecule has 0 spiro atoms. The molecule has 0 saturated heterocycles. The summed E-state index contributed by atoms with van der Waals surface area (Å²) in [6.07, 6.45) is -4.13. The number of nitrogens with one attached hydrogen (secondary N) is 2. The van der Waals surface area contributed by atoms with Gasteiger partial charge in [0.2, 0.25) is 11.8 Å². The number of halogens is 3. The minimum absolute atomic E-state index is 0.0135. The van der Waals surface area contributed by atoms with E-state index in [1.807, 2.05) is 0 Å². The van der Waals surface area contributed by atoms with Gasteiger partial charge in [-0.3, -0.25) is 4.79 Å². The van der Waals surface area contributed by atoms with Crippen molar-refractivity contribution in [2.75, 3.05) is 5.32 Å². The molecule has 34 heavy (non-hydrogen) atoms. The van der Waals surface area contributed by atoms with Gasteiger partial charge in [0, 0.05) is 12.1 Å². The smallest absolute Gasteiger partial charge is 0.444 e. The number of nitriles is 1. The summed E-state index contributed by atoms with van der Waals surface area (Å²) in [5.74, 6) is -1.24. The Labute approximate surface area is 193 Å². The van der Waals surface area contributed by atoms with Gasteiger partial charge in [-0.25, -0.2) is 9.78 Å². The van der Waals surface area contributed by atoms with Crippen molar-refractivity contribution in [1.82, 2.24) is 10.3 Å². The predicted molar refractivity (Wildman–Crippen MR) is 114 cm³/mol. The van der Waals surface area contributed by atoms with Crippen molar-refractivity contribution < 1.29 is 37.0 Å². The van der Waals surface area contributed by atoms with E-state index in [-0.39, 0.29) is 17.2 Å². The first-order valence-corrected chi connectivity index (χ1v) is 10.0. The zero-order chi connectivity index (χ0) is 25.5. The second-order valence-corrected chi connectivity index (χ2v) is 7.90. The van der Waals surface area contributed by atoms with E-state index in [0.29, 0.717) is 12.1 Å². The van der Waals surface area contributed by atoms with Gasteiger partial charge in [-0.15, -0.1) is 13.2 Å². The number of ether oxygens (including phenoxy) is 3. The normalized spacial score (nSPS) is 12.2. The number of aromatic nitrogens is 1. The highest BCUT2D eigenvalue weighted by molar-refractivity contribution is 5.96. The van der Waals surface area contributed by atoms with Crippen molar-refractivity contribution in [3.8, 4) is 23.4 Å². The van der Waals surface area contributed by atoms with Crippen molar-refractivity contribution in [3.05, 3.63) is 42.1 Å². The molecule has 12 heteroatoms. The van der Waals surface area contributed by atoms with Crippen LogP contribution in [0.5, 0.6) is 17.4 Å². The number of carbonyl (C=O) groups excluding carboxylic acids is 2. The topological polar surface area (TPSA) is 123 Å². The quantitative estimate of drug-likeness (QED) is 0.579. The average molecular weight is 480 g/mol. The van der Waals surface area contributed by atoms with Crippen LogP contribution in [0.1, 0.15) is 39.7 Å². The summed E-state index contributed by atoms with van der Waals surface area (Å²) >= 11 is 0. The molecule has 2 rings (SSSR count). The predicted octanol–water partition coefficient (Wildman–Crippen LogP) is 4.89. The minimum Gasteiger partial charge on any atom is -0.444 e. The number of hydrogen-bond donors (Lipinski definition) is 2. The summed E-state index contributed by atoms with van der Waals surface area (Å²) in [6, 6.07) is 6.90. The van der Waals surface area contributed by atoms with Crippen LogP contribution in [-0.4, -0.2) is 35.0 Å². The van der Waals surface area contributed by atoms with Crippen LogP contribution < -0.4 is 20.1 Å². The minimum atomic E-state index is -4.98. The third-order valence-corrected chi connectivity index (χ3v) is 3.94. The molecule has 1 unspecified atom stereocenters.